The van der Waals surface area contributed by atoms with Crippen LogP contribution in [0.2, 0.25) is 0 Å². The van der Waals surface area contributed by atoms with E-state index in [0.29, 0.717) is 13.0 Å². The lowest BCUT2D eigenvalue weighted by atomic mass is 10.1. The third-order valence-electron chi connectivity index (χ3n) is 3.90. The third-order valence-corrected chi connectivity index (χ3v) is 3.90. The minimum absolute atomic E-state index is 0.154. The van der Waals surface area contributed by atoms with Gasteiger partial charge in [-0.15, -0.1) is 0 Å². The highest BCUT2D eigenvalue weighted by atomic mass is 16.5. The van der Waals surface area contributed by atoms with Crippen LogP contribution in [0.25, 0.3) is 0 Å². The maximum Gasteiger partial charge on any atom is 0.228 e. The Balaban J connectivity index is 1.72. The van der Waals surface area contributed by atoms with Gasteiger partial charge in [-0.3, -0.25) is 4.79 Å². The van der Waals surface area contributed by atoms with Crippen molar-refractivity contribution in [3.63, 3.8) is 0 Å². The van der Waals surface area contributed by atoms with E-state index in [2.05, 4.69) is 18.3 Å². The average Bonchev–Trinajstić information content (AvgIpc) is 2.75. The number of ether oxygens (including phenoxy) is 1. The number of para-hydroxylation sites is 1. The van der Waals surface area contributed by atoms with E-state index in [9.17, 15) is 4.79 Å². The van der Waals surface area contributed by atoms with Gasteiger partial charge in [0.15, 0.2) is 0 Å². The van der Waals surface area contributed by atoms with E-state index in [4.69, 9.17) is 4.74 Å². The Labute approximate surface area is 113 Å². The SMILES string of the molecule is CC1Cc2ccccc2N1C(=O)CC1COCCN1. The molecule has 0 spiro atoms. The van der Waals surface area contributed by atoms with E-state index in [1.807, 2.05) is 23.1 Å². The van der Waals surface area contributed by atoms with Crippen molar-refractivity contribution in [2.24, 2.45) is 0 Å². The predicted molar refractivity (Wildman–Crippen MR) is 74.3 cm³/mol. The number of hydrogen-bond acceptors (Lipinski definition) is 3. The number of carbonyl (C=O) groups is 1. The van der Waals surface area contributed by atoms with E-state index < -0.39 is 0 Å². The van der Waals surface area contributed by atoms with Crippen LogP contribution in [-0.4, -0.2) is 37.7 Å². The third kappa shape index (κ3) is 2.51. The van der Waals surface area contributed by atoms with Gasteiger partial charge in [0.2, 0.25) is 5.91 Å². The summed E-state index contributed by atoms with van der Waals surface area (Å²) in [5.74, 6) is 0.195. The lowest BCUT2D eigenvalue weighted by molar-refractivity contribution is -0.120. The molecular formula is C15H20N2O2. The van der Waals surface area contributed by atoms with Crippen LogP contribution in [0, 0.1) is 0 Å². The second-order valence-corrected chi connectivity index (χ2v) is 5.38. The summed E-state index contributed by atoms with van der Waals surface area (Å²) in [6, 6.07) is 8.60. The van der Waals surface area contributed by atoms with Crippen LogP contribution in [0.15, 0.2) is 24.3 Å². The molecule has 1 aromatic rings. The molecule has 0 saturated carbocycles. The molecule has 102 valence electrons. The number of amides is 1. The zero-order chi connectivity index (χ0) is 13.2. The summed E-state index contributed by atoms with van der Waals surface area (Å²) in [4.78, 5) is 14.5. The van der Waals surface area contributed by atoms with Crippen molar-refractivity contribution in [1.82, 2.24) is 5.32 Å². The molecule has 2 unspecified atom stereocenters. The molecule has 2 aliphatic heterocycles. The first-order valence-electron chi connectivity index (χ1n) is 6.97. The van der Waals surface area contributed by atoms with E-state index in [0.717, 1.165) is 25.3 Å². The maximum atomic E-state index is 12.5. The molecule has 2 aliphatic rings. The normalized spacial score (nSPS) is 26.3. The van der Waals surface area contributed by atoms with Crippen LogP contribution in [-0.2, 0) is 16.0 Å². The van der Waals surface area contributed by atoms with E-state index >= 15 is 0 Å². The first kappa shape index (κ1) is 12.6. The van der Waals surface area contributed by atoms with Crippen LogP contribution in [0.1, 0.15) is 18.9 Å². The summed E-state index contributed by atoms with van der Waals surface area (Å²) in [6.45, 7) is 4.33. The molecule has 1 N–H and O–H groups in total. The minimum Gasteiger partial charge on any atom is -0.378 e. The number of benzene rings is 1. The molecule has 3 rings (SSSR count). The van der Waals surface area contributed by atoms with Gasteiger partial charge >= 0.3 is 0 Å². The first-order valence-corrected chi connectivity index (χ1v) is 6.97. The smallest absolute Gasteiger partial charge is 0.228 e. The number of carbonyl (C=O) groups excluding carboxylic acids is 1. The van der Waals surface area contributed by atoms with Crippen LogP contribution < -0.4 is 10.2 Å². The van der Waals surface area contributed by atoms with Gasteiger partial charge in [0.25, 0.3) is 0 Å². The standard InChI is InChI=1S/C15H20N2O2/c1-11-8-12-4-2-3-5-14(12)17(11)15(18)9-13-10-19-7-6-16-13/h2-5,11,13,16H,6-10H2,1H3. The first-order chi connectivity index (χ1) is 9.25. The van der Waals surface area contributed by atoms with Crippen molar-refractivity contribution in [1.29, 1.82) is 0 Å². The molecule has 0 aliphatic carbocycles. The molecule has 2 atom stereocenters. The molecular weight excluding hydrogens is 240 g/mol. The van der Waals surface area contributed by atoms with Gasteiger partial charge in [-0.1, -0.05) is 18.2 Å². The minimum atomic E-state index is 0.154. The number of nitrogens with zero attached hydrogens (tertiary/aromatic N) is 1. The van der Waals surface area contributed by atoms with Crippen molar-refractivity contribution >= 4 is 11.6 Å². The summed E-state index contributed by atoms with van der Waals surface area (Å²) in [5.41, 5.74) is 2.35. The summed E-state index contributed by atoms with van der Waals surface area (Å²) in [6.07, 6.45) is 1.47. The van der Waals surface area contributed by atoms with E-state index in [-0.39, 0.29) is 18.0 Å². The maximum absolute atomic E-state index is 12.5. The Kier molecular flexibility index (Phi) is 3.53. The van der Waals surface area contributed by atoms with Crippen LogP contribution in [0.4, 0.5) is 5.69 Å². The van der Waals surface area contributed by atoms with Gasteiger partial charge in [0.05, 0.1) is 13.2 Å². The molecule has 0 aromatic heterocycles. The lowest BCUT2D eigenvalue weighted by Crippen LogP contribution is -2.46. The van der Waals surface area contributed by atoms with Crippen LogP contribution in [0.5, 0.6) is 0 Å². The van der Waals surface area contributed by atoms with Crippen molar-refractivity contribution in [3.8, 4) is 0 Å². The second kappa shape index (κ2) is 5.31. The Hall–Kier alpha value is -1.39. The number of anilines is 1. The number of rotatable bonds is 2. The quantitative estimate of drug-likeness (QED) is 0.872. The lowest BCUT2D eigenvalue weighted by Gasteiger charge is -2.28. The summed E-state index contributed by atoms with van der Waals surface area (Å²) < 4.78 is 5.41. The number of fused-ring (bicyclic) bond motifs is 1. The zero-order valence-electron chi connectivity index (χ0n) is 11.3. The Morgan fingerprint density at radius 1 is 1.47 bits per heavy atom. The van der Waals surface area contributed by atoms with Crippen LogP contribution >= 0.6 is 0 Å². The molecule has 0 radical (unpaired) electrons. The zero-order valence-corrected chi connectivity index (χ0v) is 11.3. The summed E-state index contributed by atoms with van der Waals surface area (Å²) in [7, 11) is 0. The van der Waals surface area contributed by atoms with E-state index in [1.165, 1.54) is 5.56 Å². The fraction of sp³-hybridized carbons (Fsp3) is 0.533. The predicted octanol–water partition coefficient (Wildman–Crippen LogP) is 1.34. The summed E-state index contributed by atoms with van der Waals surface area (Å²) in [5, 5.41) is 3.34. The molecule has 19 heavy (non-hydrogen) atoms. The average molecular weight is 260 g/mol. The molecule has 4 nitrogen and oxygen atoms in total. The van der Waals surface area contributed by atoms with Gasteiger partial charge in [0, 0.05) is 30.7 Å². The fourth-order valence-corrected chi connectivity index (χ4v) is 3.01. The highest BCUT2D eigenvalue weighted by molar-refractivity contribution is 5.96. The van der Waals surface area contributed by atoms with Gasteiger partial charge in [0.1, 0.15) is 0 Å². The van der Waals surface area contributed by atoms with Crippen molar-refractivity contribution in [2.75, 3.05) is 24.7 Å². The van der Waals surface area contributed by atoms with E-state index in [1.54, 1.807) is 0 Å². The van der Waals surface area contributed by atoms with Crippen LogP contribution in [0.3, 0.4) is 0 Å². The van der Waals surface area contributed by atoms with Gasteiger partial charge in [-0.25, -0.2) is 0 Å². The molecule has 1 amide bonds. The highest BCUT2D eigenvalue weighted by Crippen LogP contribution is 2.32. The molecule has 1 saturated heterocycles. The Morgan fingerprint density at radius 2 is 2.32 bits per heavy atom. The fourth-order valence-electron chi connectivity index (χ4n) is 3.01. The van der Waals surface area contributed by atoms with Gasteiger partial charge in [-0.2, -0.15) is 0 Å². The molecule has 1 fully saturated rings. The second-order valence-electron chi connectivity index (χ2n) is 5.38. The summed E-state index contributed by atoms with van der Waals surface area (Å²) >= 11 is 0. The van der Waals surface area contributed by atoms with Crippen molar-refractivity contribution in [2.45, 2.75) is 31.8 Å². The Bertz CT molecular complexity index is 469. The topological polar surface area (TPSA) is 41.6 Å². The number of nitrogens with one attached hydrogen (secondary N) is 1. The molecule has 2 heterocycles. The molecule has 1 aromatic carbocycles. The number of hydrogen-bond donors (Lipinski definition) is 1. The van der Waals surface area contributed by atoms with Gasteiger partial charge < -0.3 is 15.0 Å². The molecule has 0 bridgehead atoms. The monoisotopic (exact) mass is 260 g/mol. The van der Waals surface area contributed by atoms with Crippen molar-refractivity contribution < 1.29 is 9.53 Å². The molecule has 4 heteroatoms. The largest absolute Gasteiger partial charge is 0.378 e. The number of morpholine rings is 1. The van der Waals surface area contributed by atoms with Crippen molar-refractivity contribution in [3.05, 3.63) is 29.8 Å². The highest BCUT2D eigenvalue weighted by Gasteiger charge is 2.31. The van der Waals surface area contributed by atoms with Gasteiger partial charge in [-0.05, 0) is 25.0 Å². The Morgan fingerprint density at radius 3 is 3.11 bits per heavy atom.